The predicted molar refractivity (Wildman–Crippen MR) is 140 cm³/mol. The molecule has 4 aromatic rings. The molecule has 2 unspecified atom stereocenters. The third kappa shape index (κ3) is 4.92. The molecule has 0 saturated carbocycles. The fourth-order valence-corrected chi connectivity index (χ4v) is 5.07. The lowest BCUT2D eigenvalue weighted by Crippen LogP contribution is -2.55. The summed E-state index contributed by atoms with van der Waals surface area (Å²) < 4.78 is 26.8. The summed E-state index contributed by atoms with van der Waals surface area (Å²) in [6, 6.07) is 27.4. The van der Waals surface area contributed by atoms with Crippen molar-refractivity contribution in [1.82, 2.24) is 0 Å². The Kier molecular flexibility index (Phi) is 6.90. The van der Waals surface area contributed by atoms with Crippen LogP contribution in [-0.4, -0.2) is 11.0 Å². The number of carbonyl (C=O) groups excluding carboxylic acids is 1. The molecule has 1 aliphatic rings. The van der Waals surface area contributed by atoms with Crippen LogP contribution in [0.1, 0.15) is 36.1 Å². The minimum atomic E-state index is -0.796. The van der Waals surface area contributed by atoms with Crippen molar-refractivity contribution >= 4 is 24.2 Å². The highest BCUT2D eigenvalue weighted by atomic mass is 32.1. The molecule has 5 rings (SSSR count). The van der Waals surface area contributed by atoms with Crippen molar-refractivity contribution in [2.24, 2.45) is 5.92 Å². The molecule has 1 aliphatic heterocycles. The summed E-state index contributed by atoms with van der Waals surface area (Å²) in [7, 11) is 0. The van der Waals surface area contributed by atoms with Crippen LogP contribution in [0.5, 0.6) is 0 Å². The van der Waals surface area contributed by atoms with Crippen molar-refractivity contribution < 1.29 is 18.7 Å². The van der Waals surface area contributed by atoms with Gasteiger partial charge in [-0.05, 0) is 83.6 Å². The molecule has 1 N–H and O–H groups in total. The van der Waals surface area contributed by atoms with E-state index in [1.54, 1.807) is 29.2 Å². The SMILES string of the molecule is O=C1C(CC[C@H](O)c2ccc(F)cc2)C(c2ccc(-c3cccc(S)c3)cc2)N1c1ccc(F)cc1. The summed E-state index contributed by atoms with van der Waals surface area (Å²) in [4.78, 5) is 15.8. The smallest absolute Gasteiger partial charge is 0.233 e. The monoisotopic (exact) mass is 501 g/mol. The van der Waals surface area contributed by atoms with Crippen molar-refractivity contribution in [3.63, 3.8) is 0 Å². The molecular weight excluding hydrogens is 476 g/mol. The molecule has 0 bridgehead atoms. The average molecular weight is 502 g/mol. The van der Waals surface area contributed by atoms with Crippen LogP contribution in [0.25, 0.3) is 11.1 Å². The first-order chi connectivity index (χ1) is 17.4. The van der Waals surface area contributed by atoms with Gasteiger partial charge in [0.05, 0.1) is 18.1 Å². The number of aliphatic hydroxyl groups is 1. The van der Waals surface area contributed by atoms with Crippen LogP contribution in [0, 0.1) is 17.6 Å². The van der Waals surface area contributed by atoms with Crippen molar-refractivity contribution in [3.8, 4) is 11.1 Å². The summed E-state index contributed by atoms with van der Waals surface area (Å²) in [5.41, 5.74) is 4.30. The van der Waals surface area contributed by atoms with Crippen LogP contribution in [-0.2, 0) is 4.79 Å². The number of halogens is 2. The molecule has 3 atom stereocenters. The second-order valence-electron chi connectivity index (χ2n) is 9.05. The Morgan fingerprint density at radius 1 is 0.833 bits per heavy atom. The lowest BCUT2D eigenvalue weighted by molar-refractivity contribution is -0.131. The number of hydrogen-bond acceptors (Lipinski definition) is 3. The highest BCUT2D eigenvalue weighted by molar-refractivity contribution is 7.80. The summed E-state index contributed by atoms with van der Waals surface area (Å²) in [5, 5.41) is 10.6. The Morgan fingerprint density at radius 2 is 1.47 bits per heavy atom. The van der Waals surface area contributed by atoms with E-state index in [4.69, 9.17) is 0 Å². The first-order valence-corrected chi connectivity index (χ1v) is 12.3. The van der Waals surface area contributed by atoms with E-state index in [-0.39, 0.29) is 29.5 Å². The van der Waals surface area contributed by atoms with Gasteiger partial charge < -0.3 is 10.0 Å². The lowest BCUT2D eigenvalue weighted by atomic mass is 9.78. The minimum absolute atomic E-state index is 0.0650. The Balaban J connectivity index is 1.40. The van der Waals surface area contributed by atoms with Crippen LogP contribution in [0.15, 0.2) is 102 Å². The van der Waals surface area contributed by atoms with Crippen LogP contribution < -0.4 is 4.90 Å². The van der Waals surface area contributed by atoms with Crippen LogP contribution >= 0.6 is 12.6 Å². The van der Waals surface area contributed by atoms with Gasteiger partial charge in [-0.1, -0.05) is 48.5 Å². The summed E-state index contributed by atoms with van der Waals surface area (Å²) >= 11 is 4.42. The van der Waals surface area contributed by atoms with Gasteiger partial charge in [0.15, 0.2) is 0 Å². The van der Waals surface area contributed by atoms with E-state index in [0.717, 1.165) is 21.6 Å². The standard InChI is InChI=1S/C30H25F2NO2S/c31-23-10-8-20(9-11-23)28(34)17-16-27-29(33(30(27)35)25-14-12-24(32)13-15-25)21-6-4-19(5-7-21)22-2-1-3-26(36)18-22/h1-15,18,27-29,34,36H,16-17H2/t27?,28-,29?/m0/s1. The summed E-state index contributed by atoms with van der Waals surface area (Å²) in [6.07, 6.45) is 0.0287. The fraction of sp³-hybridized carbons (Fsp3) is 0.167. The minimum Gasteiger partial charge on any atom is -0.388 e. The molecule has 4 aromatic carbocycles. The molecule has 0 radical (unpaired) electrons. The van der Waals surface area contributed by atoms with E-state index in [0.29, 0.717) is 24.1 Å². The van der Waals surface area contributed by atoms with E-state index in [9.17, 15) is 18.7 Å². The Labute approximate surface area is 214 Å². The second-order valence-corrected chi connectivity index (χ2v) is 9.57. The first-order valence-electron chi connectivity index (χ1n) is 11.8. The van der Waals surface area contributed by atoms with Crippen LogP contribution in [0.3, 0.4) is 0 Å². The van der Waals surface area contributed by atoms with E-state index in [2.05, 4.69) is 12.6 Å². The van der Waals surface area contributed by atoms with Crippen LogP contribution in [0.2, 0.25) is 0 Å². The highest BCUT2D eigenvalue weighted by Crippen LogP contribution is 2.46. The number of rotatable bonds is 7. The number of carbonyl (C=O) groups is 1. The topological polar surface area (TPSA) is 40.5 Å². The first kappa shape index (κ1) is 24.2. The molecule has 0 aliphatic carbocycles. The Bertz CT molecular complexity index is 1360. The van der Waals surface area contributed by atoms with E-state index in [1.807, 2.05) is 48.5 Å². The van der Waals surface area contributed by atoms with Gasteiger partial charge in [-0.3, -0.25) is 4.79 Å². The quantitative estimate of drug-likeness (QED) is 0.209. The van der Waals surface area contributed by atoms with Crippen molar-refractivity contribution in [2.75, 3.05) is 4.90 Å². The number of thiol groups is 1. The Hall–Kier alpha value is -3.48. The zero-order valence-electron chi connectivity index (χ0n) is 19.4. The zero-order valence-corrected chi connectivity index (χ0v) is 20.3. The molecule has 182 valence electrons. The normalized spacial score (nSPS) is 18.1. The van der Waals surface area contributed by atoms with Gasteiger partial charge in [0.1, 0.15) is 11.6 Å². The maximum absolute atomic E-state index is 13.5. The van der Waals surface area contributed by atoms with E-state index >= 15 is 0 Å². The van der Waals surface area contributed by atoms with Gasteiger partial charge in [0, 0.05) is 10.6 Å². The van der Waals surface area contributed by atoms with Gasteiger partial charge in [0.2, 0.25) is 5.91 Å². The Morgan fingerprint density at radius 3 is 2.11 bits per heavy atom. The molecule has 3 nitrogen and oxygen atoms in total. The molecule has 1 saturated heterocycles. The maximum atomic E-state index is 13.5. The van der Waals surface area contributed by atoms with Crippen molar-refractivity contribution in [3.05, 3.63) is 120 Å². The summed E-state index contributed by atoms with van der Waals surface area (Å²) in [5.74, 6) is -1.13. The second kappa shape index (κ2) is 10.2. The molecule has 36 heavy (non-hydrogen) atoms. The third-order valence-corrected chi connectivity index (χ3v) is 7.03. The molecule has 1 fully saturated rings. The average Bonchev–Trinajstić information content (AvgIpc) is 2.89. The zero-order chi connectivity index (χ0) is 25.2. The van der Waals surface area contributed by atoms with Crippen LogP contribution in [0.4, 0.5) is 14.5 Å². The molecular formula is C30H25F2NO2S. The summed E-state index contributed by atoms with van der Waals surface area (Å²) in [6.45, 7) is 0. The number of amides is 1. The lowest BCUT2D eigenvalue weighted by Gasteiger charge is -2.48. The maximum Gasteiger partial charge on any atom is 0.233 e. The third-order valence-electron chi connectivity index (χ3n) is 6.76. The highest BCUT2D eigenvalue weighted by Gasteiger charge is 2.48. The van der Waals surface area contributed by atoms with Gasteiger partial charge in [0.25, 0.3) is 0 Å². The molecule has 1 heterocycles. The number of anilines is 1. The number of benzene rings is 4. The van der Waals surface area contributed by atoms with E-state index in [1.165, 1.54) is 24.3 Å². The number of aliphatic hydroxyl groups excluding tert-OH is 1. The largest absolute Gasteiger partial charge is 0.388 e. The molecule has 1 amide bonds. The number of hydrogen-bond donors (Lipinski definition) is 2. The van der Waals surface area contributed by atoms with E-state index < -0.39 is 6.10 Å². The van der Waals surface area contributed by atoms with Gasteiger partial charge in [-0.25, -0.2) is 8.78 Å². The number of β-lactam (4-membered cyclic amide) rings is 1. The molecule has 6 heteroatoms. The van der Waals surface area contributed by atoms with Crippen molar-refractivity contribution in [2.45, 2.75) is 29.9 Å². The fourth-order valence-electron chi connectivity index (χ4n) is 4.85. The van der Waals surface area contributed by atoms with Gasteiger partial charge in [-0.2, -0.15) is 0 Å². The predicted octanol–water partition coefficient (Wildman–Crippen LogP) is 7.14. The molecule has 0 spiro atoms. The number of nitrogens with zero attached hydrogens (tertiary/aromatic N) is 1. The van der Waals surface area contributed by atoms with Gasteiger partial charge >= 0.3 is 0 Å². The van der Waals surface area contributed by atoms with Crippen molar-refractivity contribution in [1.29, 1.82) is 0 Å². The van der Waals surface area contributed by atoms with Gasteiger partial charge in [-0.15, -0.1) is 12.6 Å². The molecule has 0 aromatic heterocycles.